The third-order valence-corrected chi connectivity index (χ3v) is 6.53. The molecular weight excluding hydrogens is 378 g/mol. The molecule has 1 aliphatic carbocycles. The molecule has 3 aromatic rings. The van der Waals surface area contributed by atoms with E-state index in [4.69, 9.17) is 9.15 Å². The minimum Gasteiger partial charge on any atom is -0.496 e. The van der Waals surface area contributed by atoms with Gasteiger partial charge in [-0.15, -0.1) is 0 Å². The van der Waals surface area contributed by atoms with E-state index in [0.29, 0.717) is 11.9 Å². The number of aromatic nitrogens is 1. The van der Waals surface area contributed by atoms with Crippen LogP contribution in [0.1, 0.15) is 31.2 Å². The highest BCUT2D eigenvalue weighted by Gasteiger charge is 2.52. The molecule has 1 N–H and O–H groups in total. The first-order valence-electron chi connectivity index (χ1n) is 10.7. The molecule has 1 aromatic heterocycles. The van der Waals surface area contributed by atoms with Crippen LogP contribution in [0.3, 0.4) is 0 Å². The summed E-state index contributed by atoms with van der Waals surface area (Å²) < 4.78 is 11.4. The molecule has 0 atom stereocenters. The number of oxazole rings is 1. The molecule has 156 valence electrons. The number of nitrogens with one attached hydrogen (secondary N) is 1. The van der Waals surface area contributed by atoms with Gasteiger partial charge >= 0.3 is 0 Å². The molecule has 0 unspecified atom stereocenters. The standard InChI is InChI=1S/C24H27N3O3/c1-29-20-8-4-2-6-18(20)24(12-13-24)22(28)25-16-17-10-14-27(15-11-17)23-26-19-7-3-5-9-21(19)30-23/h2-9,17H,10-16H2,1H3,(H,25,28). The fourth-order valence-corrected chi connectivity index (χ4v) is 4.51. The Kier molecular flexibility index (Phi) is 4.85. The average molecular weight is 405 g/mol. The average Bonchev–Trinajstić information content (AvgIpc) is 3.50. The van der Waals surface area contributed by atoms with Crippen LogP contribution in [-0.4, -0.2) is 37.6 Å². The summed E-state index contributed by atoms with van der Waals surface area (Å²) in [7, 11) is 1.66. The number of amides is 1. The zero-order chi connectivity index (χ0) is 20.6. The number of carbonyl (C=O) groups excluding carboxylic acids is 1. The van der Waals surface area contributed by atoms with E-state index in [2.05, 4.69) is 15.2 Å². The van der Waals surface area contributed by atoms with Crippen molar-refractivity contribution in [3.8, 4) is 5.75 Å². The molecule has 2 heterocycles. The Hall–Kier alpha value is -3.02. The molecule has 2 aromatic carbocycles. The van der Waals surface area contributed by atoms with E-state index in [-0.39, 0.29) is 5.91 Å². The maximum Gasteiger partial charge on any atom is 0.298 e. The van der Waals surface area contributed by atoms with Crippen LogP contribution in [0.4, 0.5) is 6.01 Å². The van der Waals surface area contributed by atoms with E-state index in [1.165, 1.54) is 0 Å². The second-order valence-corrected chi connectivity index (χ2v) is 8.39. The number of hydrogen-bond donors (Lipinski definition) is 1. The van der Waals surface area contributed by atoms with Crippen molar-refractivity contribution < 1.29 is 13.9 Å². The smallest absolute Gasteiger partial charge is 0.298 e. The molecule has 5 rings (SSSR count). The van der Waals surface area contributed by atoms with Crippen LogP contribution >= 0.6 is 0 Å². The fourth-order valence-electron chi connectivity index (χ4n) is 4.51. The number of methoxy groups -OCH3 is 1. The normalized spacial score (nSPS) is 18.4. The number of nitrogens with zero attached hydrogens (tertiary/aromatic N) is 2. The van der Waals surface area contributed by atoms with Crippen molar-refractivity contribution in [3.05, 3.63) is 54.1 Å². The van der Waals surface area contributed by atoms with E-state index in [1.807, 2.05) is 48.5 Å². The van der Waals surface area contributed by atoms with Gasteiger partial charge in [0.05, 0.1) is 12.5 Å². The van der Waals surface area contributed by atoms with Crippen LogP contribution in [0.15, 0.2) is 52.9 Å². The molecule has 1 aliphatic heterocycles. The summed E-state index contributed by atoms with van der Waals surface area (Å²) in [6.45, 7) is 2.51. The van der Waals surface area contributed by atoms with Crippen LogP contribution in [0, 0.1) is 5.92 Å². The fraction of sp³-hybridized carbons (Fsp3) is 0.417. The van der Waals surface area contributed by atoms with Crippen molar-refractivity contribution in [1.82, 2.24) is 10.3 Å². The largest absolute Gasteiger partial charge is 0.496 e. The zero-order valence-electron chi connectivity index (χ0n) is 17.3. The second kappa shape index (κ2) is 7.67. The highest BCUT2D eigenvalue weighted by molar-refractivity contribution is 5.92. The number of fused-ring (bicyclic) bond motifs is 1. The number of benzene rings is 2. The van der Waals surface area contributed by atoms with E-state index in [9.17, 15) is 4.79 Å². The van der Waals surface area contributed by atoms with Crippen molar-refractivity contribution in [2.45, 2.75) is 31.1 Å². The van der Waals surface area contributed by atoms with E-state index >= 15 is 0 Å². The summed E-state index contributed by atoms with van der Waals surface area (Å²) >= 11 is 0. The van der Waals surface area contributed by atoms with Gasteiger partial charge in [-0.25, -0.2) is 0 Å². The van der Waals surface area contributed by atoms with Crippen molar-refractivity contribution in [2.75, 3.05) is 31.6 Å². The Bertz CT molecular complexity index is 1020. The summed E-state index contributed by atoms with van der Waals surface area (Å²) in [6, 6.07) is 16.4. The van der Waals surface area contributed by atoms with Crippen molar-refractivity contribution in [2.24, 2.45) is 5.92 Å². The third-order valence-electron chi connectivity index (χ3n) is 6.53. The number of anilines is 1. The van der Waals surface area contributed by atoms with Gasteiger partial charge in [0.1, 0.15) is 11.3 Å². The Morgan fingerprint density at radius 3 is 2.63 bits per heavy atom. The highest BCUT2D eigenvalue weighted by Crippen LogP contribution is 2.51. The lowest BCUT2D eigenvalue weighted by molar-refractivity contribution is -0.123. The van der Waals surface area contributed by atoms with Gasteiger partial charge in [-0.2, -0.15) is 4.98 Å². The van der Waals surface area contributed by atoms with E-state index in [0.717, 1.165) is 67.7 Å². The summed E-state index contributed by atoms with van der Waals surface area (Å²) in [6.07, 6.45) is 3.80. The number of ether oxygens (including phenoxy) is 1. The predicted molar refractivity (Wildman–Crippen MR) is 116 cm³/mol. The Morgan fingerprint density at radius 1 is 1.17 bits per heavy atom. The van der Waals surface area contributed by atoms with E-state index in [1.54, 1.807) is 7.11 Å². The third kappa shape index (κ3) is 3.40. The molecule has 0 spiro atoms. The molecule has 6 heteroatoms. The van der Waals surface area contributed by atoms with Crippen LogP contribution in [-0.2, 0) is 10.2 Å². The summed E-state index contributed by atoms with van der Waals surface area (Å²) in [5.74, 6) is 1.41. The van der Waals surface area contributed by atoms with Gasteiger partial charge in [-0.1, -0.05) is 30.3 Å². The first-order chi connectivity index (χ1) is 14.7. The summed E-state index contributed by atoms with van der Waals surface area (Å²) in [5.41, 5.74) is 2.32. The molecular formula is C24H27N3O3. The summed E-state index contributed by atoms with van der Waals surface area (Å²) in [5, 5.41) is 3.23. The first-order valence-corrected chi connectivity index (χ1v) is 10.7. The quantitative estimate of drug-likeness (QED) is 0.674. The predicted octanol–water partition coefficient (Wildman–Crippen LogP) is 3.90. The Morgan fingerprint density at radius 2 is 1.90 bits per heavy atom. The number of para-hydroxylation sites is 3. The molecule has 2 aliphatic rings. The van der Waals surface area contributed by atoms with Crippen LogP contribution < -0.4 is 15.0 Å². The number of piperidine rings is 1. The molecule has 0 radical (unpaired) electrons. The molecule has 1 saturated heterocycles. The van der Waals surface area contributed by atoms with Gasteiger partial charge in [-0.3, -0.25) is 4.79 Å². The van der Waals surface area contributed by atoms with Crippen LogP contribution in [0.2, 0.25) is 0 Å². The van der Waals surface area contributed by atoms with Crippen LogP contribution in [0.5, 0.6) is 5.75 Å². The Balaban J connectivity index is 1.17. The first kappa shape index (κ1) is 19.0. The van der Waals surface area contributed by atoms with Crippen molar-refractivity contribution in [3.63, 3.8) is 0 Å². The second-order valence-electron chi connectivity index (χ2n) is 8.39. The Labute approximate surface area is 176 Å². The van der Waals surface area contributed by atoms with Crippen molar-refractivity contribution >= 4 is 23.0 Å². The highest BCUT2D eigenvalue weighted by atomic mass is 16.5. The van der Waals surface area contributed by atoms with Crippen LogP contribution in [0.25, 0.3) is 11.1 Å². The van der Waals surface area contributed by atoms with E-state index < -0.39 is 5.41 Å². The zero-order valence-corrected chi connectivity index (χ0v) is 17.3. The minimum absolute atomic E-state index is 0.133. The lowest BCUT2D eigenvalue weighted by Crippen LogP contribution is -2.41. The van der Waals surface area contributed by atoms with Gasteiger partial charge in [0, 0.05) is 25.2 Å². The number of hydrogen-bond acceptors (Lipinski definition) is 5. The van der Waals surface area contributed by atoms with Gasteiger partial charge in [0.25, 0.3) is 6.01 Å². The summed E-state index contributed by atoms with van der Waals surface area (Å²) in [4.78, 5) is 19.8. The molecule has 1 saturated carbocycles. The lowest BCUT2D eigenvalue weighted by atomic mass is 9.92. The monoisotopic (exact) mass is 405 g/mol. The lowest BCUT2D eigenvalue weighted by Gasteiger charge is -2.31. The van der Waals surface area contributed by atoms with Gasteiger partial charge < -0.3 is 19.4 Å². The van der Waals surface area contributed by atoms with Gasteiger partial charge in [0.15, 0.2) is 5.58 Å². The molecule has 6 nitrogen and oxygen atoms in total. The van der Waals surface area contributed by atoms with Gasteiger partial charge in [-0.05, 0) is 49.8 Å². The van der Waals surface area contributed by atoms with Gasteiger partial charge in [0.2, 0.25) is 5.91 Å². The van der Waals surface area contributed by atoms with Crippen molar-refractivity contribution in [1.29, 1.82) is 0 Å². The maximum absolute atomic E-state index is 13.0. The minimum atomic E-state index is -0.411. The molecule has 2 fully saturated rings. The maximum atomic E-state index is 13.0. The molecule has 1 amide bonds. The topological polar surface area (TPSA) is 67.6 Å². The molecule has 0 bridgehead atoms. The number of carbonyl (C=O) groups is 1. The SMILES string of the molecule is COc1ccccc1C1(C(=O)NCC2CCN(c3nc4ccccc4o3)CC2)CC1. The molecule has 30 heavy (non-hydrogen) atoms. The number of rotatable bonds is 6.